The lowest BCUT2D eigenvalue weighted by Crippen LogP contribution is -2.55. The summed E-state index contributed by atoms with van der Waals surface area (Å²) in [6.45, 7) is 0. The average molecular weight is 885 g/mol. The molecule has 3 aliphatic rings. The van der Waals surface area contributed by atoms with Crippen molar-refractivity contribution in [3.05, 3.63) is 223 Å². The van der Waals surface area contributed by atoms with Crippen molar-refractivity contribution in [3.63, 3.8) is 0 Å². The number of benzene rings is 8. The van der Waals surface area contributed by atoms with E-state index in [2.05, 4.69) is 209 Å². The van der Waals surface area contributed by atoms with E-state index in [-0.39, 0.29) is 5.41 Å². The van der Waals surface area contributed by atoms with Crippen LogP contribution in [0, 0.1) is 17.2 Å². The Morgan fingerprint density at radius 1 is 0.456 bits per heavy atom. The van der Waals surface area contributed by atoms with Crippen LogP contribution in [-0.2, 0) is 5.41 Å². The van der Waals surface area contributed by atoms with Crippen LogP contribution in [0.25, 0.3) is 22.3 Å². The number of fused-ring (bicyclic) bond motifs is 3. The smallest absolute Gasteiger partial charge is 0.0998 e. The van der Waals surface area contributed by atoms with E-state index in [9.17, 15) is 5.26 Å². The molecule has 68 heavy (non-hydrogen) atoms. The van der Waals surface area contributed by atoms with E-state index in [0.29, 0.717) is 23.6 Å². The largest absolute Gasteiger partial charge is 0.338 e. The molecule has 2 aliphatic carbocycles. The monoisotopic (exact) mass is 884 g/mol. The first kappa shape index (κ1) is 43.2. The summed E-state index contributed by atoms with van der Waals surface area (Å²) < 4.78 is 0. The topological polar surface area (TPSA) is 33.5 Å². The van der Waals surface area contributed by atoms with Gasteiger partial charge in [-0.1, -0.05) is 166 Å². The second kappa shape index (κ2) is 19.5. The molecule has 0 amide bonds. The Morgan fingerprint density at radius 2 is 0.956 bits per heavy atom. The van der Waals surface area contributed by atoms with Gasteiger partial charge in [0, 0.05) is 57.3 Å². The maximum Gasteiger partial charge on any atom is 0.0998 e. The van der Waals surface area contributed by atoms with Crippen molar-refractivity contribution >= 4 is 39.8 Å². The molecule has 0 saturated heterocycles. The van der Waals surface area contributed by atoms with Crippen molar-refractivity contribution in [3.8, 4) is 28.3 Å². The van der Waals surface area contributed by atoms with Gasteiger partial charge in [0.1, 0.15) is 0 Å². The molecule has 8 aromatic carbocycles. The molecular weight excluding hydrogens is 825 g/mol. The van der Waals surface area contributed by atoms with Crippen molar-refractivity contribution in [1.29, 1.82) is 5.26 Å². The molecule has 4 nitrogen and oxygen atoms in total. The lowest BCUT2D eigenvalue weighted by molar-refractivity contribution is 0.139. The third-order valence-electron chi connectivity index (χ3n) is 15.5. The third kappa shape index (κ3) is 8.26. The minimum Gasteiger partial charge on any atom is -0.338 e. The van der Waals surface area contributed by atoms with Crippen LogP contribution in [0.2, 0.25) is 0 Å². The summed E-state index contributed by atoms with van der Waals surface area (Å²) in [6.07, 6.45) is 13.7. The zero-order valence-corrected chi connectivity index (χ0v) is 39.0. The summed E-state index contributed by atoms with van der Waals surface area (Å²) in [4.78, 5) is 7.95. The molecule has 8 aromatic rings. The molecule has 0 N–H and O–H groups in total. The van der Waals surface area contributed by atoms with E-state index >= 15 is 0 Å². The Bertz CT molecular complexity index is 2880. The summed E-state index contributed by atoms with van der Waals surface area (Å²) in [5.41, 5.74) is 15.2. The predicted molar refractivity (Wildman–Crippen MR) is 284 cm³/mol. The van der Waals surface area contributed by atoms with Crippen molar-refractivity contribution in [1.82, 2.24) is 0 Å². The van der Waals surface area contributed by atoms with Crippen LogP contribution in [0.4, 0.5) is 39.8 Å². The van der Waals surface area contributed by atoms with Gasteiger partial charge in [-0.2, -0.15) is 5.26 Å². The van der Waals surface area contributed by atoms with Crippen molar-refractivity contribution in [2.24, 2.45) is 5.92 Å². The first-order valence-electron chi connectivity index (χ1n) is 25.1. The number of anilines is 7. The number of nitriles is 1. The Balaban J connectivity index is 1.07. The summed E-state index contributed by atoms with van der Waals surface area (Å²) in [5.74, 6) is 0.534. The molecule has 0 spiro atoms. The highest BCUT2D eigenvalue weighted by Crippen LogP contribution is 2.62. The van der Waals surface area contributed by atoms with Crippen LogP contribution in [0.3, 0.4) is 0 Å². The van der Waals surface area contributed by atoms with Crippen LogP contribution in [0.5, 0.6) is 0 Å². The molecule has 3 atom stereocenters. The lowest BCUT2D eigenvalue weighted by atomic mass is 9.57. The minimum absolute atomic E-state index is 0.103. The molecule has 2 saturated carbocycles. The van der Waals surface area contributed by atoms with Crippen LogP contribution < -0.4 is 14.7 Å². The molecule has 11 rings (SSSR count). The summed E-state index contributed by atoms with van der Waals surface area (Å²) in [5, 5.41) is 9.79. The molecule has 3 unspecified atom stereocenters. The number of hydrogen-bond acceptors (Lipinski definition) is 4. The van der Waals surface area contributed by atoms with E-state index in [1.807, 2.05) is 24.3 Å². The molecule has 1 heterocycles. The fourth-order valence-electron chi connectivity index (χ4n) is 12.5. The standard InChI is InChI=1S/C64H60N4/c65-47-51-21-19-20-32-60(51)50-35-33-48(34-36-50)49-37-39-57(40-38-49)68-62-43-41-58(66(53-24-11-5-12-25-53)54-26-13-6-14-27-54)45-61(62)64(52-22-9-3-1-2-4-10-23-52)46-59(42-44-63(64)68)67(55-28-15-7-16-29-55)56-30-17-8-18-31-56/h5-8,11-21,24-41,43,45,52,59,63H,1-4,9-10,22-23,42,44,46H2. The Hall–Kier alpha value is -7.35. The van der Waals surface area contributed by atoms with Crippen LogP contribution >= 0.6 is 0 Å². The molecule has 0 aromatic heterocycles. The average Bonchev–Trinajstić information content (AvgIpc) is 3.77. The van der Waals surface area contributed by atoms with Gasteiger partial charge in [-0.3, -0.25) is 0 Å². The number of rotatable bonds is 10. The molecule has 2 fully saturated rings. The maximum absolute atomic E-state index is 9.79. The Kier molecular flexibility index (Phi) is 12.4. The minimum atomic E-state index is -0.103. The normalized spacial score (nSPS) is 19.4. The van der Waals surface area contributed by atoms with E-state index in [4.69, 9.17) is 0 Å². The zero-order chi connectivity index (χ0) is 45.7. The Labute approximate surface area is 403 Å². The van der Waals surface area contributed by atoms with Gasteiger partial charge in [0.05, 0.1) is 11.6 Å². The summed E-state index contributed by atoms with van der Waals surface area (Å²) >= 11 is 0. The molecule has 4 heteroatoms. The molecule has 1 aliphatic heterocycles. The number of hydrogen-bond donors (Lipinski definition) is 0. The predicted octanol–water partition coefficient (Wildman–Crippen LogP) is 17.3. The molecular formula is C64H60N4. The number of para-hydroxylation sites is 4. The zero-order valence-electron chi connectivity index (χ0n) is 39.0. The van der Waals surface area contributed by atoms with Gasteiger partial charge >= 0.3 is 0 Å². The maximum atomic E-state index is 9.79. The summed E-state index contributed by atoms with van der Waals surface area (Å²) in [6, 6.07) is 80.7. The second-order valence-corrected chi connectivity index (χ2v) is 19.3. The van der Waals surface area contributed by atoms with Crippen molar-refractivity contribution < 1.29 is 0 Å². The Morgan fingerprint density at radius 3 is 1.53 bits per heavy atom. The second-order valence-electron chi connectivity index (χ2n) is 19.3. The molecule has 0 radical (unpaired) electrons. The summed E-state index contributed by atoms with van der Waals surface area (Å²) in [7, 11) is 0. The van der Waals surface area contributed by atoms with Crippen molar-refractivity contribution in [2.75, 3.05) is 14.7 Å². The van der Waals surface area contributed by atoms with Gasteiger partial charge in [0.15, 0.2) is 0 Å². The van der Waals surface area contributed by atoms with Gasteiger partial charge in [-0.15, -0.1) is 0 Å². The van der Waals surface area contributed by atoms with Gasteiger partial charge < -0.3 is 14.7 Å². The van der Waals surface area contributed by atoms with Crippen molar-refractivity contribution in [2.45, 2.75) is 88.1 Å². The van der Waals surface area contributed by atoms with E-state index in [1.54, 1.807) is 0 Å². The van der Waals surface area contributed by atoms with Gasteiger partial charge in [-0.05, 0) is 151 Å². The molecule has 0 bridgehead atoms. The van der Waals surface area contributed by atoms with Crippen LogP contribution in [0.1, 0.15) is 81.8 Å². The van der Waals surface area contributed by atoms with Gasteiger partial charge in [0.25, 0.3) is 0 Å². The van der Waals surface area contributed by atoms with Crippen LogP contribution in [0.15, 0.2) is 212 Å². The van der Waals surface area contributed by atoms with E-state index < -0.39 is 0 Å². The molecule has 336 valence electrons. The first-order chi connectivity index (χ1) is 33.7. The quantitative estimate of drug-likeness (QED) is 0.137. The fraction of sp³-hybridized carbons (Fsp3) is 0.234. The van der Waals surface area contributed by atoms with Gasteiger partial charge in [-0.25, -0.2) is 0 Å². The highest BCUT2D eigenvalue weighted by molar-refractivity contribution is 5.84. The lowest BCUT2D eigenvalue weighted by Gasteiger charge is -2.52. The highest BCUT2D eigenvalue weighted by Gasteiger charge is 2.58. The van der Waals surface area contributed by atoms with E-state index in [1.165, 1.54) is 108 Å². The van der Waals surface area contributed by atoms with Gasteiger partial charge in [0.2, 0.25) is 0 Å². The number of nitrogens with zero attached hydrogens (tertiary/aromatic N) is 4. The van der Waals surface area contributed by atoms with Crippen LogP contribution in [-0.4, -0.2) is 12.1 Å². The third-order valence-corrected chi connectivity index (χ3v) is 15.5. The first-order valence-corrected chi connectivity index (χ1v) is 25.1. The fourth-order valence-corrected chi connectivity index (χ4v) is 12.5. The highest BCUT2D eigenvalue weighted by atomic mass is 15.2. The van der Waals surface area contributed by atoms with E-state index in [0.717, 1.165) is 30.4 Å². The SMILES string of the molecule is N#Cc1ccccc1-c1ccc(-c2ccc(N3c4ccc(N(c5ccccc5)c5ccccc5)cc4C4(C5CCCCCCCC5)CC(N(c5ccccc5)c5ccccc5)CCC34)cc2)cc1.